The Morgan fingerprint density at radius 2 is 1.42 bits per heavy atom. The van der Waals surface area contributed by atoms with Gasteiger partial charge in [0.2, 0.25) is 11.4 Å². The minimum absolute atomic E-state index is 0.971. The zero-order chi connectivity index (χ0) is 13.7. The quantitative estimate of drug-likeness (QED) is 0.383. The molecule has 0 bridgehead atoms. The molecule has 2 nitrogen and oxygen atoms in total. The smallest absolute Gasteiger partial charge is 0.204 e. The van der Waals surface area contributed by atoms with Crippen LogP contribution in [-0.4, -0.2) is 10.4 Å². The van der Waals surface area contributed by atoms with E-state index in [1.165, 1.54) is 5.57 Å². The first-order valence-electron chi connectivity index (χ1n) is 6.35. The van der Waals surface area contributed by atoms with Crippen LogP contribution in [0.15, 0.2) is 72.3 Å². The second-order valence-corrected chi connectivity index (χ2v) is 4.68. The summed E-state index contributed by atoms with van der Waals surface area (Å²) in [5, 5.41) is 0. The van der Waals surface area contributed by atoms with Crippen LogP contribution in [0.3, 0.4) is 0 Å². The average Bonchev–Trinajstić information content (AvgIpc) is 2.46. The van der Waals surface area contributed by atoms with Gasteiger partial charge in [0.25, 0.3) is 0 Å². The van der Waals surface area contributed by atoms with Gasteiger partial charge < -0.3 is 0 Å². The maximum Gasteiger partial charge on any atom is 0.242 e. The average molecular weight is 251 g/mol. The van der Waals surface area contributed by atoms with Crippen LogP contribution < -0.4 is 5.84 Å². The third-order valence-corrected chi connectivity index (χ3v) is 2.79. The maximum atomic E-state index is 6.27. The fourth-order valence-corrected chi connectivity index (χ4v) is 1.90. The van der Waals surface area contributed by atoms with E-state index in [1.807, 2.05) is 48.5 Å². The zero-order valence-corrected chi connectivity index (χ0v) is 11.4. The molecule has 0 aliphatic heterocycles. The van der Waals surface area contributed by atoms with Crippen molar-refractivity contribution in [3.05, 3.63) is 77.9 Å². The molecule has 0 aliphatic carbocycles. The standard InChI is InChI=1S/C17H19N2/c1-14(2)13-17(15-9-5-3-6-10-15)19(18)16-11-7-4-8-12-16/h3-13H,18H2,1-2H3/q+1/b19-17+. The summed E-state index contributed by atoms with van der Waals surface area (Å²) in [6.45, 7) is 4.14. The van der Waals surface area contributed by atoms with E-state index in [0.717, 1.165) is 17.0 Å². The molecule has 2 N–H and O–H groups in total. The molecule has 0 aliphatic rings. The van der Waals surface area contributed by atoms with E-state index in [9.17, 15) is 0 Å². The first kappa shape index (κ1) is 13.1. The fraction of sp³-hybridized carbons (Fsp3) is 0.118. The van der Waals surface area contributed by atoms with Gasteiger partial charge in [-0.15, -0.1) is 0 Å². The molecule has 0 aromatic heterocycles. The number of para-hydroxylation sites is 1. The first-order chi connectivity index (χ1) is 9.18. The summed E-state index contributed by atoms with van der Waals surface area (Å²) in [5.41, 5.74) is 4.28. The summed E-state index contributed by atoms with van der Waals surface area (Å²) < 4.78 is 1.72. The molecule has 0 fully saturated rings. The van der Waals surface area contributed by atoms with Gasteiger partial charge in [0.05, 0.1) is 0 Å². The van der Waals surface area contributed by atoms with E-state index in [4.69, 9.17) is 5.84 Å². The lowest BCUT2D eigenvalue weighted by Gasteiger charge is -2.02. The molecular weight excluding hydrogens is 232 g/mol. The Morgan fingerprint density at radius 3 is 1.95 bits per heavy atom. The van der Waals surface area contributed by atoms with Crippen molar-refractivity contribution in [3.63, 3.8) is 0 Å². The Kier molecular flexibility index (Phi) is 4.14. The summed E-state index contributed by atoms with van der Waals surface area (Å²) in [4.78, 5) is 0. The lowest BCUT2D eigenvalue weighted by Crippen LogP contribution is -2.23. The second-order valence-electron chi connectivity index (χ2n) is 4.68. The van der Waals surface area contributed by atoms with Crippen LogP contribution in [0.25, 0.3) is 0 Å². The minimum atomic E-state index is 0.971. The number of hydrazone groups is 1. The van der Waals surface area contributed by atoms with Gasteiger partial charge in [-0.05, 0) is 26.0 Å². The van der Waals surface area contributed by atoms with Crippen LogP contribution in [0.2, 0.25) is 0 Å². The molecule has 2 aromatic carbocycles. The maximum absolute atomic E-state index is 6.27. The molecule has 2 rings (SSSR count). The van der Waals surface area contributed by atoms with Gasteiger partial charge in [0, 0.05) is 23.8 Å². The summed E-state index contributed by atoms with van der Waals surface area (Å²) in [6.07, 6.45) is 2.10. The van der Waals surface area contributed by atoms with Gasteiger partial charge >= 0.3 is 0 Å². The summed E-state index contributed by atoms with van der Waals surface area (Å²) in [7, 11) is 0. The molecule has 0 amide bonds. The van der Waals surface area contributed by atoms with Crippen LogP contribution in [0.1, 0.15) is 19.4 Å². The molecule has 96 valence electrons. The third kappa shape index (κ3) is 3.32. The third-order valence-electron chi connectivity index (χ3n) is 2.79. The van der Waals surface area contributed by atoms with Crippen molar-refractivity contribution in [2.24, 2.45) is 5.84 Å². The van der Waals surface area contributed by atoms with Crippen LogP contribution in [0.5, 0.6) is 0 Å². The highest BCUT2D eigenvalue weighted by Crippen LogP contribution is 2.12. The Morgan fingerprint density at radius 1 is 0.895 bits per heavy atom. The topological polar surface area (TPSA) is 29.0 Å². The van der Waals surface area contributed by atoms with Crippen molar-refractivity contribution in [2.45, 2.75) is 13.8 Å². The van der Waals surface area contributed by atoms with Crippen molar-refractivity contribution in [2.75, 3.05) is 0 Å². The second kappa shape index (κ2) is 6.01. The number of allylic oxidation sites excluding steroid dienone is 2. The van der Waals surface area contributed by atoms with E-state index >= 15 is 0 Å². The van der Waals surface area contributed by atoms with E-state index in [-0.39, 0.29) is 0 Å². The molecule has 0 saturated heterocycles. The van der Waals surface area contributed by atoms with Gasteiger partial charge in [-0.1, -0.05) is 46.7 Å². The van der Waals surface area contributed by atoms with Gasteiger partial charge in [-0.25, -0.2) is 5.84 Å². The van der Waals surface area contributed by atoms with Crippen LogP contribution in [-0.2, 0) is 0 Å². The number of hydrazine groups is 1. The summed E-state index contributed by atoms with van der Waals surface area (Å²) >= 11 is 0. The number of nitrogens with two attached hydrogens (primary N) is 1. The Hall–Kier alpha value is -2.35. The Balaban J connectivity index is 2.58. The highest BCUT2D eigenvalue weighted by molar-refractivity contribution is 6.05. The van der Waals surface area contributed by atoms with Crippen molar-refractivity contribution in [1.82, 2.24) is 0 Å². The van der Waals surface area contributed by atoms with Gasteiger partial charge in [-0.3, -0.25) is 0 Å². The van der Waals surface area contributed by atoms with E-state index in [0.29, 0.717) is 0 Å². The van der Waals surface area contributed by atoms with E-state index in [1.54, 1.807) is 4.68 Å². The lowest BCUT2D eigenvalue weighted by atomic mass is 10.1. The minimum Gasteiger partial charge on any atom is -0.204 e. The number of rotatable bonds is 3. The number of nitrogens with zero attached hydrogens (tertiary/aromatic N) is 1. The number of hydrogen-bond donors (Lipinski definition) is 1. The Labute approximate surface area is 114 Å². The monoisotopic (exact) mass is 251 g/mol. The number of benzene rings is 2. The molecule has 0 heterocycles. The fourth-order valence-electron chi connectivity index (χ4n) is 1.90. The van der Waals surface area contributed by atoms with E-state index in [2.05, 4.69) is 32.1 Å². The van der Waals surface area contributed by atoms with Crippen molar-refractivity contribution in [3.8, 4) is 0 Å². The highest BCUT2D eigenvalue weighted by Gasteiger charge is 2.14. The van der Waals surface area contributed by atoms with Gasteiger partial charge in [0.15, 0.2) is 0 Å². The van der Waals surface area contributed by atoms with Crippen molar-refractivity contribution >= 4 is 11.4 Å². The predicted octanol–water partition coefficient (Wildman–Crippen LogP) is 3.66. The normalized spacial score (nSPS) is 11.7. The molecule has 0 unspecified atom stereocenters. The molecule has 0 atom stereocenters. The summed E-state index contributed by atoms with van der Waals surface area (Å²) in [6, 6.07) is 20.1. The zero-order valence-electron chi connectivity index (χ0n) is 11.4. The van der Waals surface area contributed by atoms with E-state index < -0.39 is 0 Å². The van der Waals surface area contributed by atoms with Crippen molar-refractivity contribution in [1.29, 1.82) is 0 Å². The Bertz CT molecular complexity index is 592. The lowest BCUT2D eigenvalue weighted by molar-refractivity contribution is -0.451. The first-order valence-corrected chi connectivity index (χ1v) is 6.35. The molecule has 0 radical (unpaired) electrons. The van der Waals surface area contributed by atoms with Gasteiger partial charge in [-0.2, -0.15) is 0 Å². The molecule has 19 heavy (non-hydrogen) atoms. The van der Waals surface area contributed by atoms with Crippen LogP contribution in [0.4, 0.5) is 5.69 Å². The molecule has 0 spiro atoms. The highest BCUT2D eigenvalue weighted by atomic mass is 15.3. The molecule has 2 heteroatoms. The van der Waals surface area contributed by atoms with Crippen LogP contribution >= 0.6 is 0 Å². The molecule has 2 aromatic rings. The van der Waals surface area contributed by atoms with Crippen molar-refractivity contribution < 1.29 is 4.68 Å². The molecule has 0 saturated carbocycles. The van der Waals surface area contributed by atoms with Gasteiger partial charge in [0.1, 0.15) is 0 Å². The largest absolute Gasteiger partial charge is 0.242 e. The van der Waals surface area contributed by atoms with Crippen LogP contribution in [0, 0.1) is 0 Å². The molecular formula is C17H19N2+. The predicted molar refractivity (Wildman–Crippen MR) is 80.5 cm³/mol. The summed E-state index contributed by atoms with van der Waals surface area (Å²) in [5.74, 6) is 6.27. The SMILES string of the molecule is CC(C)=C/C(c1ccccc1)=[N+](\N)c1ccccc1. The number of hydrogen-bond acceptors (Lipinski definition) is 1.